The summed E-state index contributed by atoms with van der Waals surface area (Å²) in [5.74, 6) is 0.712. The van der Waals surface area contributed by atoms with E-state index in [-0.39, 0.29) is 0 Å². The Morgan fingerprint density at radius 3 is 2.82 bits per heavy atom. The lowest BCUT2D eigenvalue weighted by Gasteiger charge is -2.33. The molecule has 0 amide bonds. The first-order valence-corrected chi connectivity index (χ1v) is 4.19. The molecule has 1 heterocycles. The predicted molar refractivity (Wildman–Crippen MR) is 42.6 cm³/mol. The summed E-state index contributed by atoms with van der Waals surface area (Å²) < 4.78 is 2.45. The Hall–Kier alpha value is -0.710. The van der Waals surface area contributed by atoms with Gasteiger partial charge in [-0.3, -0.25) is 0 Å². The lowest BCUT2D eigenvalue weighted by Crippen LogP contribution is -2.27. The Labute approximate surface area is 69.6 Å². The van der Waals surface area contributed by atoms with Gasteiger partial charge in [-0.2, -0.15) is 5.21 Å². The zero-order valence-corrected chi connectivity index (χ0v) is 7.14. The minimum Gasteiger partial charge on any atom is -0.239 e. The van der Waals surface area contributed by atoms with Gasteiger partial charge in [-0.05, 0) is 31.0 Å². The third kappa shape index (κ3) is 0.994. The van der Waals surface area contributed by atoms with E-state index in [0.29, 0.717) is 16.7 Å². The molecule has 2 unspecified atom stereocenters. The highest BCUT2D eigenvalue weighted by Crippen LogP contribution is 2.36. The molecule has 2 atom stereocenters. The maximum Gasteiger partial charge on any atom is 0.238 e. The fourth-order valence-electron chi connectivity index (χ4n) is 1.45. The van der Waals surface area contributed by atoms with Crippen LogP contribution in [0.1, 0.15) is 25.8 Å². The van der Waals surface area contributed by atoms with Crippen LogP contribution in [0.15, 0.2) is 0 Å². The average molecular weight is 170 g/mol. The molecule has 1 fully saturated rings. The molecule has 2 rings (SSSR count). The number of aromatic amines is 1. The minimum atomic E-state index is 0.512. The van der Waals surface area contributed by atoms with Gasteiger partial charge < -0.3 is 0 Å². The fraction of sp³-hybridized carbons (Fsp3) is 0.833. The number of nitrogens with zero attached hydrogens (tertiary/aromatic N) is 3. The number of tetrazole rings is 1. The van der Waals surface area contributed by atoms with Gasteiger partial charge in [0.25, 0.3) is 0 Å². The van der Waals surface area contributed by atoms with Crippen LogP contribution in [0.3, 0.4) is 0 Å². The maximum atomic E-state index is 4.97. The van der Waals surface area contributed by atoms with E-state index in [0.717, 1.165) is 0 Å². The third-order valence-electron chi connectivity index (χ3n) is 2.40. The van der Waals surface area contributed by atoms with Crippen molar-refractivity contribution in [3.8, 4) is 0 Å². The molecule has 0 aromatic carbocycles. The lowest BCUT2D eigenvalue weighted by molar-refractivity contribution is 0.180. The summed E-state index contributed by atoms with van der Waals surface area (Å²) in [6.45, 7) is 2.22. The summed E-state index contributed by atoms with van der Waals surface area (Å²) in [6.07, 6.45) is 2.48. The standard InChI is InChI=1S/C6H10N4S/c1-4-2-3-5(4)10-6(11)7-8-9-10/h4-5H,2-3H2,1H3,(H,7,9,11). The number of hydrogen-bond acceptors (Lipinski definition) is 3. The largest absolute Gasteiger partial charge is 0.239 e. The van der Waals surface area contributed by atoms with Gasteiger partial charge in [0.2, 0.25) is 4.77 Å². The summed E-state index contributed by atoms with van der Waals surface area (Å²) in [5.41, 5.74) is 0. The van der Waals surface area contributed by atoms with Crippen molar-refractivity contribution in [3.05, 3.63) is 4.77 Å². The first-order valence-electron chi connectivity index (χ1n) is 3.78. The predicted octanol–water partition coefficient (Wildman–Crippen LogP) is 1.31. The third-order valence-corrected chi connectivity index (χ3v) is 2.68. The highest BCUT2D eigenvalue weighted by Gasteiger charge is 2.29. The van der Waals surface area contributed by atoms with Crippen molar-refractivity contribution >= 4 is 12.2 Å². The molecule has 5 heteroatoms. The normalized spacial score (nSPS) is 29.9. The van der Waals surface area contributed by atoms with Gasteiger partial charge in [-0.25, -0.2) is 4.68 Å². The van der Waals surface area contributed by atoms with E-state index in [1.165, 1.54) is 12.8 Å². The number of rotatable bonds is 1. The van der Waals surface area contributed by atoms with Crippen LogP contribution in [-0.4, -0.2) is 20.2 Å². The van der Waals surface area contributed by atoms with Crippen molar-refractivity contribution in [3.63, 3.8) is 0 Å². The molecule has 1 aliphatic carbocycles. The molecule has 1 aromatic rings. The van der Waals surface area contributed by atoms with Crippen LogP contribution in [0.4, 0.5) is 0 Å². The SMILES string of the molecule is CC1CCC1n1[nH]nnc1=S. The monoisotopic (exact) mass is 170 g/mol. The van der Waals surface area contributed by atoms with Crippen LogP contribution in [0, 0.1) is 10.7 Å². The highest BCUT2D eigenvalue weighted by atomic mass is 32.1. The molecule has 1 saturated carbocycles. The Balaban J connectivity index is 2.29. The Morgan fingerprint density at radius 2 is 2.45 bits per heavy atom. The van der Waals surface area contributed by atoms with E-state index >= 15 is 0 Å². The molecule has 0 spiro atoms. The highest BCUT2D eigenvalue weighted by molar-refractivity contribution is 7.71. The summed E-state index contributed by atoms with van der Waals surface area (Å²) in [5, 5.41) is 10.2. The maximum absolute atomic E-state index is 4.97. The molecule has 0 bridgehead atoms. The number of aromatic nitrogens is 4. The fourth-order valence-corrected chi connectivity index (χ4v) is 1.67. The molecule has 4 nitrogen and oxygen atoms in total. The van der Waals surface area contributed by atoms with Gasteiger partial charge in [0.15, 0.2) is 0 Å². The molecule has 1 aromatic heterocycles. The molecule has 60 valence electrons. The quantitative estimate of drug-likeness (QED) is 0.646. The van der Waals surface area contributed by atoms with Gasteiger partial charge in [-0.15, -0.1) is 0 Å². The topological polar surface area (TPSA) is 46.5 Å². The van der Waals surface area contributed by atoms with E-state index in [2.05, 4.69) is 22.4 Å². The average Bonchev–Trinajstić information content (AvgIpc) is 2.34. The van der Waals surface area contributed by atoms with Crippen LogP contribution in [0.5, 0.6) is 0 Å². The van der Waals surface area contributed by atoms with Crippen molar-refractivity contribution in [2.45, 2.75) is 25.8 Å². The first-order chi connectivity index (χ1) is 5.29. The van der Waals surface area contributed by atoms with Crippen LogP contribution in [0.2, 0.25) is 0 Å². The summed E-state index contributed by atoms with van der Waals surface area (Å²) >= 11 is 4.97. The molecule has 1 aliphatic rings. The zero-order chi connectivity index (χ0) is 7.84. The van der Waals surface area contributed by atoms with Crippen molar-refractivity contribution in [2.75, 3.05) is 0 Å². The van der Waals surface area contributed by atoms with Crippen LogP contribution in [0.25, 0.3) is 0 Å². The second kappa shape index (κ2) is 2.41. The second-order valence-electron chi connectivity index (χ2n) is 3.07. The Morgan fingerprint density at radius 1 is 1.64 bits per heavy atom. The number of nitrogens with one attached hydrogen (secondary N) is 1. The molecule has 0 aliphatic heterocycles. The molecular weight excluding hydrogens is 160 g/mol. The summed E-state index contributed by atoms with van der Waals surface area (Å²) in [4.78, 5) is 0. The summed E-state index contributed by atoms with van der Waals surface area (Å²) in [6, 6.07) is 0.512. The van der Waals surface area contributed by atoms with Crippen molar-refractivity contribution in [1.29, 1.82) is 0 Å². The van der Waals surface area contributed by atoms with Crippen LogP contribution < -0.4 is 0 Å². The summed E-state index contributed by atoms with van der Waals surface area (Å²) in [7, 11) is 0. The molecule has 11 heavy (non-hydrogen) atoms. The van der Waals surface area contributed by atoms with E-state index in [1.807, 2.05) is 4.68 Å². The molecular formula is C6H10N4S. The van der Waals surface area contributed by atoms with E-state index in [9.17, 15) is 0 Å². The van der Waals surface area contributed by atoms with Crippen molar-refractivity contribution in [2.24, 2.45) is 5.92 Å². The zero-order valence-electron chi connectivity index (χ0n) is 6.32. The number of hydrogen-bond donors (Lipinski definition) is 1. The van der Waals surface area contributed by atoms with Crippen LogP contribution in [-0.2, 0) is 0 Å². The Bertz CT molecular complexity index is 302. The minimum absolute atomic E-state index is 0.512. The van der Waals surface area contributed by atoms with Gasteiger partial charge in [0.1, 0.15) is 0 Å². The Kier molecular flexibility index (Phi) is 1.52. The lowest BCUT2D eigenvalue weighted by atomic mass is 9.81. The van der Waals surface area contributed by atoms with Crippen molar-refractivity contribution < 1.29 is 0 Å². The number of H-pyrrole nitrogens is 1. The van der Waals surface area contributed by atoms with Gasteiger partial charge in [0, 0.05) is 0 Å². The van der Waals surface area contributed by atoms with Gasteiger partial charge in [0.05, 0.1) is 6.04 Å². The van der Waals surface area contributed by atoms with E-state index < -0.39 is 0 Å². The van der Waals surface area contributed by atoms with Gasteiger partial charge >= 0.3 is 0 Å². The molecule has 0 radical (unpaired) electrons. The smallest absolute Gasteiger partial charge is 0.238 e. The van der Waals surface area contributed by atoms with E-state index in [1.54, 1.807) is 0 Å². The molecule has 0 saturated heterocycles. The van der Waals surface area contributed by atoms with Crippen LogP contribution >= 0.6 is 12.2 Å². The van der Waals surface area contributed by atoms with Gasteiger partial charge in [-0.1, -0.05) is 17.2 Å². The second-order valence-corrected chi connectivity index (χ2v) is 3.44. The molecule has 1 N–H and O–H groups in total. The first kappa shape index (κ1) is 6.97. The van der Waals surface area contributed by atoms with E-state index in [4.69, 9.17) is 12.2 Å². The van der Waals surface area contributed by atoms with Crippen molar-refractivity contribution in [1.82, 2.24) is 20.2 Å².